The number of hydrogen-bond acceptors (Lipinski definition) is 8. The van der Waals surface area contributed by atoms with Gasteiger partial charge in [-0.3, -0.25) is 0 Å². The number of amides is 1. The van der Waals surface area contributed by atoms with Crippen molar-refractivity contribution in [2.75, 3.05) is 7.11 Å². The summed E-state index contributed by atoms with van der Waals surface area (Å²) in [5, 5.41) is 11.2. The van der Waals surface area contributed by atoms with E-state index in [9.17, 15) is 14.7 Å². The lowest BCUT2D eigenvalue weighted by Gasteiger charge is -2.47. The van der Waals surface area contributed by atoms with Crippen LogP contribution in [0.25, 0.3) is 11.0 Å². The highest BCUT2D eigenvalue weighted by molar-refractivity contribution is 5.77. The minimum absolute atomic E-state index is 0.360. The summed E-state index contributed by atoms with van der Waals surface area (Å²) in [7, 11) is 1.42. The fraction of sp³-hybridized carbons (Fsp3) is 0.444. The summed E-state index contributed by atoms with van der Waals surface area (Å²) < 4.78 is 27.1. The van der Waals surface area contributed by atoms with Crippen LogP contribution in [0, 0.1) is 0 Å². The molecule has 3 rings (SSSR count). The number of methoxy groups -OCH3 is 1. The van der Waals surface area contributed by atoms with Crippen molar-refractivity contribution in [3.05, 3.63) is 40.8 Å². The lowest BCUT2D eigenvalue weighted by molar-refractivity contribution is -0.304. The summed E-state index contributed by atoms with van der Waals surface area (Å²) in [6.45, 7) is 3.44. The normalized spacial score (nSPS) is 27.3. The van der Waals surface area contributed by atoms with Gasteiger partial charge in [-0.15, -0.1) is 0 Å². The van der Waals surface area contributed by atoms with Gasteiger partial charge in [0.25, 0.3) is 0 Å². The highest BCUT2D eigenvalue weighted by atomic mass is 16.7. The largest absolute Gasteiger partial charge is 0.461 e. The fourth-order valence-electron chi connectivity index (χ4n) is 3.21. The first-order valence-electron chi connectivity index (χ1n) is 8.26. The Hall–Kier alpha value is -2.62. The van der Waals surface area contributed by atoms with Gasteiger partial charge < -0.3 is 34.2 Å². The van der Waals surface area contributed by atoms with Gasteiger partial charge in [0.2, 0.25) is 6.29 Å². The maximum absolute atomic E-state index is 11.3. The average molecular weight is 379 g/mol. The predicted octanol–water partition coefficient (Wildman–Crippen LogP) is 1.15. The third-order valence-electron chi connectivity index (χ3n) is 4.37. The molecule has 27 heavy (non-hydrogen) atoms. The summed E-state index contributed by atoms with van der Waals surface area (Å²) in [4.78, 5) is 22.5. The molecule has 0 aliphatic carbocycles. The molecular formula is C18H21NO8. The Labute approximate surface area is 154 Å². The zero-order chi connectivity index (χ0) is 19.8. The van der Waals surface area contributed by atoms with E-state index in [-0.39, 0.29) is 0 Å². The lowest BCUT2D eigenvalue weighted by Crippen LogP contribution is -2.65. The van der Waals surface area contributed by atoms with Gasteiger partial charge in [-0.2, -0.15) is 0 Å². The molecule has 9 nitrogen and oxygen atoms in total. The number of primary amides is 1. The molecule has 1 unspecified atom stereocenters. The van der Waals surface area contributed by atoms with Gasteiger partial charge in [-0.1, -0.05) is 0 Å². The molecule has 1 saturated heterocycles. The third-order valence-corrected chi connectivity index (χ3v) is 4.37. The van der Waals surface area contributed by atoms with Crippen molar-refractivity contribution in [1.29, 1.82) is 0 Å². The van der Waals surface area contributed by atoms with E-state index in [1.54, 1.807) is 38.1 Å². The molecule has 1 amide bonds. The van der Waals surface area contributed by atoms with Gasteiger partial charge in [0.05, 0.1) is 5.60 Å². The maximum atomic E-state index is 11.3. The molecule has 4 atom stereocenters. The van der Waals surface area contributed by atoms with Crippen molar-refractivity contribution in [1.82, 2.24) is 0 Å². The van der Waals surface area contributed by atoms with E-state index in [1.165, 1.54) is 13.2 Å². The van der Waals surface area contributed by atoms with E-state index in [2.05, 4.69) is 0 Å². The van der Waals surface area contributed by atoms with Crippen molar-refractivity contribution in [3.63, 3.8) is 0 Å². The predicted molar refractivity (Wildman–Crippen MR) is 93.3 cm³/mol. The van der Waals surface area contributed by atoms with Crippen LogP contribution in [0.15, 0.2) is 39.5 Å². The molecule has 9 heteroatoms. The number of benzene rings is 1. The molecule has 0 radical (unpaired) electrons. The average Bonchev–Trinajstić information content (AvgIpc) is 2.58. The molecule has 2 heterocycles. The van der Waals surface area contributed by atoms with Crippen LogP contribution in [-0.2, 0) is 14.2 Å². The Morgan fingerprint density at radius 3 is 2.67 bits per heavy atom. The Morgan fingerprint density at radius 1 is 1.26 bits per heavy atom. The summed E-state index contributed by atoms with van der Waals surface area (Å²) in [6.07, 6.45) is -5.42. The van der Waals surface area contributed by atoms with Crippen molar-refractivity contribution in [2.24, 2.45) is 5.73 Å². The first kappa shape index (κ1) is 19.2. The van der Waals surface area contributed by atoms with Crippen LogP contribution < -0.4 is 16.1 Å². The molecule has 1 fully saturated rings. The quantitative estimate of drug-likeness (QED) is 0.757. The van der Waals surface area contributed by atoms with E-state index in [0.717, 1.165) is 0 Å². The standard InChI is InChI=1S/C18H21NO8/c1-18(2)15(23-3)13(21)14(26-17(19)22)16(27-18)24-10-5-6-11-9(8-10)4-7-12(20)25-11/h4-8,13-16,21H,1-3H3,(H2,19,22)/t13-,14+,15-,16?/m1/s1. The number of carbonyl (C=O) groups is 1. The smallest absolute Gasteiger partial charge is 0.405 e. The first-order chi connectivity index (χ1) is 12.7. The second-order valence-electron chi connectivity index (χ2n) is 6.71. The van der Waals surface area contributed by atoms with Crippen molar-refractivity contribution >= 4 is 17.1 Å². The SMILES string of the molecule is CO[C@@H]1[C@H](O)[C@H](OC(N)=O)C(Oc2ccc3oc(=O)ccc3c2)OC1(C)C. The second-order valence-corrected chi connectivity index (χ2v) is 6.71. The van der Waals surface area contributed by atoms with Gasteiger partial charge in [-0.25, -0.2) is 9.59 Å². The highest BCUT2D eigenvalue weighted by Crippen LogP contribution is 2.34. The van der Waals surface area contributed by atoms with Crippen molar-refractivity contribution < 1.29 is 33.3 Å². The van der Waals surface area contributed by atoms with Crippen LogP contribution in [0.5, 0.6) is 5.75 Å². The van der Waals surface area contributed by atoms with Crippen LogP contribution in [0.3, 0.4) is 0 Å². The molecule has 146 valence electrons. The molecule has 1 aliphatic rings. The summed E-state index contributed by atoms with van der Waals surface area (Å²) >= 11 is 0. The maximum Gasteiger partial charge on any atom is 0.405 e. The van der Waals surface area contributed by atoms with Gasteiger partial charge in [0, 0.05) is 18.6 Å². The monoisotopic (exact) mass is 379 g/mol. The van der Waals surface area contributed by atoms with Crippen molar-refractivity contribution in [3.8, 4) is 5.75 Å². The highest BCUT2D eigenvalue weighted by Gasteiger charge is 2.52. The van der Waals surface area contributed by atoms with Crippen LogP contribution in [0.2, 0.25) is 0 Å². The van der Waals surface area contributed by atoms with Crippen LogP contribution in [0.1, 0.15) is 13.8 Å². The number of carbonyl (C=O) groups excluding carboxylic acids is 1. The Kier molecular flexibility index (Phi) is 5.09. The summed E-state index contributed by atoms with van der Waals surface area (Å²) in [5.74, 6) is 0.360. The summed E-state index contributed by atoms with van der Waals surface area (Å²) in [5.41, 5.74) is 4.12. The molecule has 0 spiro atoms. The number of fused-ring (bicyclic) bond motifs is 1. The first-order valence-corrected chi connectivity index (χ1v) is 8.26. The van der Waals surface area contributed by atoms with Crippen LogP contribution >= 0.6 is 0 Å². The number of ether oxygens (including phenoxy) is 4. The lowest BCUT2D eigenvalue weighted by atomic mass is 9.89. The van der Waals surface area contributed by atoms with Gasteiger partial charge in [0.1, 0.15) is 23.5 Å². The third kappa shape index (κ3) is 3.90. The minimum Gasteiger partial charge on any atom is -0.461 e. The minimum atomic E-state index is -1.23. The zero-order valence-electron chi connectivity index (χ0n) is 15.1. The van der Waals surface area contributed by atoms with E-state index in [0.29, 0.717) is 16.7 Å². The molecule has 2 aromatic rings. The number of aliphatic hydroxyl groups is 1. The second kappa shape index (κ2) is 7.18. The van der Waals surface area contributed by atoms with E-state index in [1.807, 2.05) is 0 Å². The zero-order valence-corrected chi connectivity index (χ0v) is 15.1. The number of rotatable bonds is 4. The summed E-state index contributed by atoms with van der Waals surface area (Å²) in [6, 6.07) is 7.64. The Bertz CT molecular complexity index is 892. The Balaban J connectivity index is 1.91. The topological polar surface area (TPSA) is 130 Å². The van der Waals surface area contributed by atoms with Gasteiger partial charge >= 0.3 is 11.7 Å². The number of aliphatic hydroxyl groups excluding tert-OH is 1. The molecule has 3 N–H and O–H groups in total. The fourth-order valence-corrected chi connectivity index (χ4v) is 3.21. The van der Waals surface area contributed by atoms with Crippen LogP contribution in [0.4, 0.5) is 4.79 Å². The molecule has 0 bridgehead atoms. The number of hydrogen-bond donors (Lipinski definition) is 2. The molecule has 1 aromatic carbocycles. The van der Waals surface area contributed by atoms with Gasteiger partial charge in [-0.05, 0) is 38.1 Å². The molecule has 1 aliphatic heterocycles. The van der Waals surface area contributed by atoms with E-state index < -0.39 is 41.9 Å². The van der Waals surface area contributed by atoms with E-state index in [4.69, 9.17) is 29.1 Å². The molecular weight excluding hydrogens is 358 g/mol. The Morgan fingerprint density at radius 2 is 2.00 bits per heavy atom. The van der Waals surface area contributed by atoms with Crippen molar-refractivity contribution in [2.45, 2.75) is 44.1 Å². The van der Waals surface area contributed by atoms with E-state index >= 15 is 0 Å². The van der Waals surface area contributed by atoms with Crippen LogP contribution in [-0.4, -0.2) is 48.5 Å². The van der Waals surface area contributed by atoms with Gasteiger partial charge in [0.15, 0.2) is 6.10 Å². The molecule has 1 aromatic heterocycles. The molecule has 0 saturated carbocycles. The number of nitrogens with two attached hydrogens (primary N) is 1.